The van der Waals surface area contributed by atoms with Gasteiger partial charge < -0.3 is 0 Å². The molecule has 1 aliphatic carbocycles. The van der Waals surface area contributed by atoms with Crippen molar-refractivity contribution < 1.29 is 0 Å². The van der Waals surface area contributed by atoms with Gasteiger partial charge in [0, 0.05) is 23.0 Å². The number of pyridine rings is 1. The molecule has 0 N–H and O–H groups in total. The standard InChI is InChI=1S/C18H20ClN/c19-13-17(14-6-2-1-3-7-14)12-16-9-4-8-15-10-5-11-20-18(15)16/h4-5,8-12,14H,1-3,6-7,13H2/b17-12-. The maximum absolute atomic E-state index is 6.21. The third-order valence-electron chi connectivity index (χ3n) is 4.29. The van der Waals surface area contributed by atoms with E-state index in [1.807, 2.05) is 12.3 Å². The largest absolute Gasteiger partial charge is 0.256 e. The Hall–Kier alpha value is -1.34. The first-order valence-electron chi connectivity index (χ1n) is 7.48. The van der Waals surface area contributed by atoms with E-state index in [9.17, 15) is 0 Å². The van der Waals surface area contributed by atoms with E-state index >= 15 is 0 Å². The Labute approximate surface area is 125 Å². The summed E-state index contributed by atoms with van der Waals surface area (Å²) in [5.74, 6) is 1.30. The number of allylic oxidation sites excluding steroid dienone is 1. The lowest BCUT2D eigenvalue weighted by molar-refractivity contribution is 0.405. The fourth-order valence-electron chi connectivity index (χ4n) is 3.18. The number of nitrogens with zero attached hydrogens (tertiary/aromatic N) is 1. The third kappa shape index (κ3) is 2.88. The highest BCUT2D eigenvalue weighted by Crippen LogP contribution is 2.32. The maximum Gasteiger partial charge on any atom is 0.0774 e. The van der Waals surface area contributed by atoms with Crippen LogP contribution in [-0.2, 0) is 0 Å². The summed E-state index contributed by atoms with van der Waals surface area (Å²) in [5.41, 5.74) is 3.65. The molecule has 2 heteroatoms. The maximum atomic E-state index is 6.21. The Morgan fingerprint density at radius 1 is 1.15 bits per heavy atom. The number of para-hydroxylation sites is 1. The average molecular weight is 286 g/mol. The Morgan fingerprint density at radius 2 is 1.95 bits per heavy atom. The fourth-order valence-corrected chi connectivity index (χ4v) is 3.48. The minimum absolute atomic E-state index is 0.633. The second-order valence-corrected chi connectivity index (χ2v) is 5.88. The van der Waals surface area contributed by atoms with Crippen molar-refractivity contribution in [1.29, 1.82) is 0 Å². The van der Waals surface area contributed by atoms with Gasteiger partial charge in [-0.2, -0.15) is 0 Å². The van der Waals surface area contributed by atoms with Gasteiger partial charge in [-0.1, -0.05) is 55.2 Å². The van der Waals surface area contributed by atoms with E-state index in [-0.39, 0.29) is 0 Å². The monoisotopic (exact) mass is 285 g/mol. The van der Waals surface area contributed by atoms with E-state index in [1.165, 1.54) is 48.6 Å². The van der Waals surface area contributed by atoms with Crippen molar-refractivity contribution in [3.63, 3.8) is 0 Å². The topological polar surface area (TPSA) is 12.9 Å². The number of halogens is 1. The van der Waals surface area contributed by atoms with Gasteiger partial charge in [0.05, 0.1) is 5.52 Å². The van der Waals surface area contributed by atoms with Crippen LogP contribution in [0.15, 0.2) is 42.1 Å². The molecule has 0 bridgehead atoms. The van der Waals surface area contributed by atoms with Gasteiger partial charge >= 0.3 is 0 Å². The molecule has 1 aliphatic rings. The quantitative estimate of drug-likeness (QED) is 0.685. The van der Waals surface area contributed by atoms with Crippen molar-refractivity contribution in [3.05, 3.63) is 47.7 Å². The van der Waals surface area contributed by atoms with Gasteiger partial charge in [-0.25, -0.2) is 0 Å². The summed E-state index contributed by atoms with van der Waals surface area (Å²) >= 11 is 6.21. The van der Waals surface area contributed by atoms with E-state index < -0.39 is 0 Å². The molecule has 0 aliphatic heterocycles. The second kappa shape index (κ2) is 6.41. The van der Waals surface area contributed by atoms with Gasteiger partial charge in [-0.15, -0.1) is 11.6 Å². The molecule has 1 aromatic heterocycles. The van der Waals surface area contributed by atoms with Crippen molar-refractivity contribution in [2.45, 2.75) is 32.1 Å². The molecule has 104 valence electrons. The van der Waals surface area contributed by atoms with Gasteiger partial charge in [0.25, 0.3) is 0 Å². The molecule has 1 aromatic carbocycles. The van der Waals surface area contributed by atoms with E-state index in [1.54, 1.807) is 0 Å². The zero-order chi connectivity index (χ0) is 13.8. The molecule has 0 spiro atoms. The number of hydrogen-bond donors (Lipinski definition) is 0. The van der Waals surface area contributed by atoms with Crippen LogP contribution < -0.4 is 0 Å². The summed E-state index contributed by atoms with van der Waals surface area (Å²) < 4.78 is 0. The summed E-state index contributed by atoms with van der Waals surface area (Å²) in [6, 6.07) is 10.5. The summed E-state index contributed by atoms with van der Waals surface area (Å²) in [5, 5.41) is 1.19. The number of hydrogen-bond acceptors (Lipinski definition) is 1. The molecular weight excluding hydrogens is 266 g/mol. The Kier molecular flexibility index (Phi) is 4.37. The van der Waals surface area contributed by atoms with Crippen LogP contribution in [0.3, 0.4) is 0 Å². The fraction of sp³-hybridized carbons (Fsp3) is 0.389. The highest BCUT2D eigenvalue weighted by atomic mass is 35.5. The molecule has 1 saturated carbocycles. The number of aromatic nitrogens is 1. The predicted octanol–water partition coefficient (Wildman–Crippen LogP) is 5.44. The molecule has 0 amide bonds. The van der Waals surface area contributed by atoms with Gasteiger partial charge in [-0.05, 0) is 24.8 Å². The zero-order valence-electron chi connectivity index (χ0n) is 11.7. The number of benzene rings is 1. The van der Waals surface area contributed by atoms with E-state index in [2.05, 4.69) is 35.3 Å². The van der Waals surface area contributed by atoms with Crippen LogP contribution in [0.1, 0.15) is 37.7 Å². The summed E-state index contributed by atoms with van der Waals surface area (Å²) in [4.78, 5) is 4.53. The van der Waals surface area contributed by atoms with Crippen LogP contribution in [0.25, 0.3) is 17.0 Å². The average Bonchev–Trinajstić information content (AvgIpc) is 2.53. The molecule has 2 aromatic rings. The van der Waals surface area contributed by atoms with Crippen molar-refractivity contribution >= 4 is 28.6 Å². The normalized spacial score (nSPS) is 17.6. The molecule has 0 atom stereocenters. The van der Waals surface area contributed by atoms with Crippen LogP contribution in [0.2, 0.25) is 0 Å². The molecule has 1 fully saturated rings. The van der Waals surface area contributed by atoms with E-state index in [4.69, 9.17) is 11.6 Å². The van der Waals surface area contributed by atoms with Crippen molar-refractivity contribution in [2.24, 2.45) is 5.92 Å². The van der Waals surface area contributed by atoms with Crippen LogP contribution >= 0.6 is 11.6 Å². The molecular formula is C18H20ClN. The van der Waals surface area contributed by atoms with Crippen LogP contribution in [0.5, 0.6) is 0 Å². The number of alkyl halides is 1. The van der Waals surface area contributed by atoms with Crippen LogP contribution in [0, 0.1) is 5.92 Å². The van der Waals surface area contributed by atoms with Crippen LogP contribution in [0.4, 0.5) is 0 Å². The van der Waals surface area contributed by atoms with Crippen molar-refractivity contribution in [1.82, 2.24) is 4.98 Å². The van der Waals surface area contributed by atoms with Crippen molar-refractivity contribution in [3.8, 4) is 0 Å². The van der Waals surface area contributed by atoms with Gasteiger partial charge in [0.1, 0.15) is 0 Å². The number of fused-ring (bicyclic) bond motifs is 1. The summed E-state index contributed by atoms with van der Waals surface area (Å²) in [6.45, 7) is 0. The lowest BCUT2D eigenvalue weighted by Gasteiger charge is -2.23. The smallest absolute Gasteiger partial charge is 0.0774 e. The van der Waals surface area contributed by atoms with Gasteiger partial charge in [0.15, 0.2) is 0 Å². The lowest BCUT2D eigenvalue weighted by Crippen LogP contribution is -2.10. The Balaban J connectivity index is 1.98. The minimum atomic E-state index is 0.633. The lowest BCUT2D eigenvalue weighted by atomic mass is 9.83. The molecule has 0 unspecified atom stereocenters. The first kappa shape index (κ1) is 13.6. The molecule has 1 nitrogen and oxygen atoms in total. The summed E-state index contributed by atoms with van der Waals surface area (Å²) in [7, 11) is 0. The SMILES string of the molecule is ClC/C(=C/c1cccc2cccnc12)C1CCCCC1. The summed E-state index contributed by atoms with van der Waals surface area (Å²) in [6.07, 6.45) is 10.8. The predicted molar refractivity (Wildman–Crippen MR) is 87.0 cm³/mol. The zero-order valence-corrected chi connectivity index (χ0v) is 12.4. The first-order valence-corrected chi connectivity index (χ1v) is 8.02. The molecule has 0 saturated heterocycles. The highest BCUT2D eigenvalue weighted by molar-refractivity contribution is 6.19. The third-order valence-corrected chi connectivity index (χ3v) is 4.60. The van der Waals surface area contributed by atoms with Crippen molar-refractivity contribution in [2.75, 3.05) is 5.88 Å². The highest BCUT2D eigenvalue weighted by Gasteiger charge is 2.17. The van der Waals surface area contributed by atoms with Gasteiger partial charge in [-0.3, -0.25) is 4.98 Å². The Bertz CT molecular complexity index is 606. The first-order chi connectivity index (χ1) is 9.88. The Morgan fingerprint density at radius 3 is 2.75 bits per heavy atom. The van der Waals surface area contributed by atoms with Crippen LogP contribution in [-0.4, -0.2) is 10.9 Å². The molecule has 1 heterocycles. The van der Waals surface area contributed by atoms with E-state index in [0.717, 1.165) is 5.52 Å². The molecule has 3 rings (SSSR count). The minimum Gasteiger partial charge on any atom is -0.256 e. The number of rotatable bonds is 3. The van der Waals surface area contributed by atoms with E-state index in [0.29, 0.717) is 11.8 Å². The van der Waals surface area contributed by atoms with Gasteiger partial charge in [0.2, 0.25) is 0 Å². The molecule has 20 heavy (non-hydrogen) atoms. The second-order valence-electron chi connectivity index (χ2n) is 5.61. The molecule has 0 radical (unpaired) electrons.